The molecule has 3 aliphatic rings. The van der Waals surface area contributed by atoms with Crippen molar-refractivity contribution in [3.05, 3.63) is 23.9 Å². The minimum absolute atomic E-state index is 0.114. The molecule has 1 aliphatic carbocycles. The maximum absolute atomic E-state index is 13.0. The highest BCUT2D eigenvalue weighted by atomic mass is 32.2. The Morgan fingerprint density at radius 2 is 1.94 bits per heavy atom. The fourth-order valence-electron chi connectivity index (χ4n) is 4.47. The first-order valence-corrected chi connectivity index (χ1v) is 14.0. The summed E-state index contributed by atoms with van der Waals surface area (Å²) < 4.78 is 27.0. The largest absolute Gasteiger partial charge is 0.444 e. The van der Waals surface area contributed by atoms with Gasteiger partial charge < -0.3 is 19.3 Å². The van der Waals surface area contributed by atoms with Gasteiger partial charge in [-0.05, 0) is 84.8 Å². The molecule has 3 heterocycles. The molecule has 1 aromatic heterocycles. The minimum Gasteiger partial charge on any atom is -0.444 e. The SMILES string of the molecule is CC(C)(C)OC(=O)N(CC1CC1)[C@@H]1CCCN(c2ccc(C3(NS(=O)C(C)(C)C)COC3)cn2)C1. The van der Waals surface area contributed by atoms with Crippen LogP contribution < -0.4 is 9.62 Å². The summed E-state index contributed by atoms with van der Waals surface area (Å²) in [4.78, 5) is 22.1. The van der Waals surface area contributed by atoms with Crippen molar-refractivity contribution in [3.8, 4) is 0 Å². The van der Waals surface area contributed by atoms with Gasteiger partial charge in [0.05, 0.1) is 35.0 Å². The van der Waals surface area contributed by atoms with Crippen LogP contribution in [0.3, 0.4) is 0 Å². The molecule has 0 aromatic carbocycles. The molecule has 0 spiro atoms. The number of rotatable bonds is 7. The van der Waals surface area contributed by atoms with Crippen LogP contribution in [-0.2, 0) is 26.0 Å². The van der Waals surface area contributed by atoms with Gasteiger partial charge in [-0.3, -0.25) is 0 Å². The molecule has 1 saturated carbocycles. The maximum Gasteiger partial charge on any atom is 0.410 e. The zero-order chi connectivity index (χ0) is 25.4. The summed E-state index contributed by atoms with van der Waals surface area (Å²) in [6.45, 7) is 15.0. The zero-order valence-electron chi connectivity index (χ0n) is 22.1. The predicted octanol–water partition coefficient (Wildman–Crippen LogP) is 3.97. The maximum atomic E-state index is 13.0. The Hall–Kier alpha value is -1.71. The number of aromatic nitrogens is 1. The lowest BCUT2D eigenvalue weighted by Gasteiger charge is -2.43. The Kier molecular flexibility index (Phi) is 7.51. The van der Waals surface area contributed by atoms with Gasteiger partial charge in [-0.2, -0.15) is 0 Å². The van der Waals surface area contributed by atoms with Crippen molar-refractivity contribution in [2.24, 2.45) is 5.92 Å². The van der Waals surface area contributed by atoms with E-state index in [-0.39, 0.29) is 16.9 Å². The second-order valence-corrected chi connectivity index (χ2v) is 14.2. The highest BCUT2D eigenvalue weighted by Gasteiger charge is 2.44. The quantitative estimate of drug-likeness (QED) is 0.602. The standard InChI is InChI=1S/C26H42N4O4S/c1-24(2,3)34-23(31)30(15-19-9-10-19)21-8-7-13-29(16-21)22-12-11-20(14-27-22)26(17-33-18-26)28-35(32)25(4,5)6/h11-12,14,19,21,28H,7-10,13,15-18H2,1-6H3/t21-,35?/m1/s1. The summed E-state index contributed by atoms with van der Waals surface area (Å²) in [6.07, 6.45) is 6.04. The van der Waals surface area contributed by atoms with E-state index in [1.165, 1.54) is 12.8 Å². The van der Waals surface area contributed by atoms with Gasteiger partial charge in [0.25, 0.3) is 0 Å². The van der Waals surface area contributed by atoms with Crippen molar-refractivity contribution in [2.45, 2.75) is 89.2 Å². The normalized spacial score (nSPS) is 23.4. The first-order chi connectivity index (χ1) is 16.4. The van der Waals surface area contributed by atoms with Crippen LogP contribution in [-0.4, -0.2) is 69.4 Å². The monoisotopic (exact) mass is 506 g/mol. The van der Waals surface area contributed by atoms with Crippen molar-refractivity contribution in [1.82, 2.24) is 14.6 Å². The van der Waals surface area contributed by atoms with E-state index in [2.05, 4.69) is 15.7 Å². The number of piperidine rings is 1. The van der Waals surface area contributed by atoms with Crippen LogP contribution in [0.1, 0.15) is 72.8 Å². The van der Waals surface area contributed by atoms with Crippen LogP contribution in [0.2, 0.25) is 0 Å². The lowest BCUT2D eigenvalue weighted by atomic mass is 9.90. The van der Waals surface area contributed by atoms with E-state index in [4.69, 9.17) is 14.5 Å². The molecule has 8 nitrogen and oxygen atoms in total. The van der Waals surface area contributed by atoms with E-state index in [0.29, 0.717) is 19.1 Å². The number of hydrogen-bond donors (Lipinski definition) is 1. The molecule has 2 saturated heterocycles. The summed E-state index contributed by atoms with van der Waals surface area (Å²) in [5, 5.41) is 0. The number of carbonyl (C=O) groups excluding carboxylic acids is 1. The number of nitrogens with zero attached hydrogens (tertiary/aromatic N) is 3. The lowest BCUT2D eigenvalue weighted by molar-refractivity contribution is -0.0661. The third-order valence-electron chi connectivity index (χ3n) is 6.78. The second kappa shape index (κ2) is 9.98. The molecule has 196 valence electrons. The summed E-state index contributed by atoms with van der Waals surface area (Å²) in [5.74, 6) is 1.50. The Labute approximate surface area is 212 Å². The highest BCUT2D eigenvalue weighted by molar-refractivity contribution is 7.84. The third-order valence-corrected chi connectivity index (χ3v) is 8.47. The van der Waals surface area contributed by atoms with Crippen LogP contribution in [0.5, 0.6) is 0 Å². The predicted molar refractivity (Wildman–Crippen MR) is 139 cm³/mol. The smallest absolute Gasteiger partial charge is 0.410 e. The summed E-state index contributed by atoms with van der Waals surface area (Å²) in [5.41, 5.74) is 0.0188. The Morgan fingerprint density at radius 3 is 2.46 bits per heavy atom. The number of amides is 1. The molecule has 3 fully saturated rings. The Bertz CT molecular complexity index is 917. The fraction of sp³-hybridized carbons (Fsp3) is 0.769. The van der Waals surface area contributed by atoms with Gasteiger partial charge in [0.15, 0.2) is 0 Å². The van der Waals surface area contributed by atoms with Crippen molar-refractivity contribution < 1.29 is 18.5 Å². The summed E-state index contributed by atoms with van der Waals surface area (Å²) in [7, 11) is -1.21. The fourth-order valence-corrected chi connectivity index (χ4v) is 5.36. The number of pyridine rings is 1. The second-order valence-electron chi connectivity index (χ2n) is 12.3. The summed E-state index contributed by atoms with van der Waals surface area (Å²) >= 11 is 0. The molecule has 0 radical (unpaired) electrons. The van der Waals surface area contributed by atoms with E-state index in [9.17, 15) is 9.00 Å². The first kappa shape index (κ1) is 26.4. The van der Waals surface area contributed by atoms with Crippen molar-refractivity contribution >= 4 is 22.9 Å². The molecular weight excluding hydrogens is 464 g/mol. The van der Waals surface area contributed by atoms with Crippen molar-refractivity contribution in [2.75, 3.05) is 37.7 Å². The number of nitrogens with one attached hydrogen (secondary N) is 1. The van der Waals surface area contributed by atoms with Gasteiger partial charge in [0.2, 0.25) is 0 Å². The van der Waals surface area contributed by atoms with Crippen molar-refractivity contribution in [3.63, 3.8) is 0 Å². The van der Waals surface area contributed by atoms with Gasteiger partial charge >= 0.3 is 6.09 Å². The molecule has 2 atom stereocenters. The van der Waals surface area contributed by atoms with Gasteiger partial charge in [0.1, 0.15) is 17.0 Å². The molecule has 2 aliphatic heterocycles. The van der Waals surface area contributed by atoms with Gasteiger partial charge in [0, 0.05) is 25.8 Å². The molecule has 1 unspecified atom stereocenters. The van der Waals surface area contributed by atoms with E-state index in [1.807, 2.05) is 58.7 Å². The molecule has 35 heavy (non-hydrogen) atoms. The molecule has 1 amide bonds. The average molecular weight is 507 g/mol. The van der Waals surface area contributed by atoms with E-state index < -0.39 is 22.1 Å². The number of hydrogen-bond acceptors (Lipinski definition) is 6. The zero-order valence-corrected chi connectivity index (χ0v) is 23.0. The van der Waals surface area contributed by atoms with Crippen LogP contribution >= 0.6 is 0 Å². The Morgan fingerprint density at radius 1 is 1.23 bits per heavy atom. The van der Waals surface area contributed by atoms with Crippen molar-refractivity contribution in [1.29, 1.82) is 0 Å². The topological polar surface area (TPSA) is 84.0 Å². The van der Waals surface area contributed by atoms with Crippen LogP contribution in [0.15, 0.2) is 18.3 Å². The van der Waals surface area contributed by atoms with Gasteiger partial charge in [-0.1, -0.05) is 6.07 Å². The Balaban J connectivity index is 1.45. The number of anilines is 1. The van der Waals surface area contributed by atoms with E-state index >= 15 is 0 Å². The van der Waals surface area contributed by atoms with Gasteiger partial charge in [-0.15, -0.1) is 0 Å². The minimum atomic E-state index is -1.21. The lowest BCUT2D eigenvalue weighted by Crippen LogP contribution is -2.60. The molecule has 0 bridgehead atoms. The molecule has 1 N–H and O–H groups in total. The van der Waals surface area contributed by atoms with Crippen LogP contribution in [0.4, 0.5) is 10.6 Å². The average Bonchev–Trinajstić information content (AvgIpc) is 3.57. The molecular formula is C26H42N4O4S. The highest BCUT2D eigenvalue weighted by Crippen LogP contribution is 2.34. The molecule has 9 heteroatoms. The van der Waals surface area contributed by atoms with Crippen LogP contribution in [0, 0.1) is 5.92 Å². The van der Waals surface area contributed by atoms with E-state index in [0.717, 1.165) is 43.9 Å². The molecule has 1 aromatic rings. The van der Waals surface area contributed by atoms with E-state index in [1.54, 1.807) is 0 Å². The number of carbonyl (C=O) groups is 1. The first-order valence-electron chi connectivity index (χ1n) is 12.8. The molecule has 4 rings (SSSR count). The summed E-state index contributed by atoms with van der Waals surface area (Å²) in [6, 6.07) is 4.22. The van der Waals surface area contributed by atoms with Gasteiger partial charge in [-0.25, -0.2) is 18.7 Å². The number of ether oxygens (including phenoxy) is 2. The van der Waals surface area contributed by atoms with Crippen LogP contribution in [0.25, 0.3) is 0 Å². The third kappa shape index (κ3) is 6.54.